The summed E-state index contributed by atoms with van der Waals surface area (Å²) in [6.45, 7) is 3.98. The van der Waals surface area contributed by atoms with Crippen molar-refractivity contribution in [1.82, 2.24) is 15.4 Å². The van der Waals surface area contributed by atoms with Gasteiger partial charge in [-0.05, 0) is 38.1 Å². The van der Waals surface area contributed by atoms with Crippen LogP contribution in [0.25, 0.3) is 0 Å². The minimum atomic E-state index is -0.281. The Kier molecular flexibility index (Phi) is 4.98. The van der Waals surface area contributed by atoms with Gasteiger partial charge >= 0.3 is 0 Å². The van der Waals surface area contributed by atoms with Crippen LogP contribution in [0.15, 0.2) is 54.9 Å². The molecule has 0 atom stereocenters. The van der Waals surface area contributed by atoms with Gasteiger partial charge in [-0.25, -0.2) is 9.97 Å². The number of carbonyl (C=O) groups is 1. The standard InChI is InChI=1S/C19H20N6O/c1-12-3-7-14(8-4-12)19(26)25-24-18-16(20)17(21-11-22-18)23-15-9-5-13(2)6-10-15/h3-11H,20H2,1-2H3,(H,25,26)(H2,21,22,23,24). The molecule has 0 aliphatic carbocycles. The van der Waals surface area contributed by atoms with Gasteiger partial charge in [0, 0.05) is 11.3 Å². The fourth-order valence-electron chi connectivity index (χ4n) is 2.26. The second kappa shape index (κ2) is 7.52. The lowest BCUT2D eigenvalue weighted by Crippen LogP contribution is -2.30. The largest absolute Gasteiger partial charge is 0.393 e. The summed E-state index contributed by atoms with van der Waals surface area (Å²) in [7, 11) is 0. The van der Waals surface area contributed by atoms with Crippen molar-refractivity contribution in [3.05, 3.63) is 71.5 Å². The summed E-state index contributed by atoms with van der Waals surface area (Å²) < 4.78 is 0. The van der Waals surface area contributed by atoms with Crippen molar-refractivity contribution in [2.45, 2.75) is 13.8 Å². The Morgan fingerprint density at radius 2 is 1.46 bits per heavy atom. The Bertz CT molecular complexity index is 906. The highest BCUT2D eigenvalue weighted by atomic mass is 16.2. The number of hydrazine groups is 1. The quantitative estimate of drug-likeness (QED) is 0.528. The summed E-state index contributed by atoms with van der Waals surface area (Å²) in [6.07, 6.45) is 1.37. The molecule has 7 nitrogen and oxygen atoms in total. The molecule has 0 saturated heterocycles. The van der Waals surface area contributed by atoms with E-state index in [1.165, 1.54) is 6.33 Å². The van der Waals surface area contributed by atoms with Crippen molar-refractivity contribution in [2.24, 2.45) is 0 Å². The fraction of sp³-hybridized carbons (Fsp3) is 0.105. The minimum absolute atomic E-state index is 0.281. The number of aryl methyl sites for hydroxylation is 2. The third-order valence-corrected chi connectivity index (χ3v) is 3.81. The Morgan fingerprint density at radius 1 is 0.885 bits per heavy atom. The summed E-state index contributed by atoms with van der Waals surface area (Å²) >= 11 is 0. The summed E-state index contributed by atoms with van der Waals surface area (Å²) in [5.41, 5.74) is 15.4. The van der Waals surface area contributed by atoms with E-state index in [0.29, 0.717) is 22.9 Å². The maximum Gasteiger partial charge on any atom is 0.269 e. The first kappa shape index (κ1) is 17.2. The van der Waals surface area contributed by atoms with Gasteiger partial charge in [0.05, 0.1) is 0 Å². The monoisotopic (exact) mass is 348 g/mol. The molecule has 0 bridgehead atoms. The van der Waals surface area contributed by atoms with Gasteiger partial charge in [0.1, 0.15) is 12.0 Å². The van der Waals surface area contributed by atoms with Gasteiger partial charge in [-0.15, -0.1) is 0 Å². The Hall–Kier alpha value is -3.61. The maximum absolute atomic E-state index is 12.2. The van der Waals surface area contributed by atoms with E-state index in [4.69, 9.17) is 5.73 Å². The molecule has 3 rings (SSSR count). The number of hydrogen-bond donors (Lipinski definition) is 4. The van der Waals surface area contributed by atoms with Crippen LogP contribution in [0, 0.1) is 13.8 Å². The number of hydrogen-bond acceptors (Lipinski definition) is 6. The van der Waals surface area contributed by atoms with Gasteiger partial charge in [-0.1, -0.05) is 35.4 Å². The molecule has 0 aliphatic heterocycles. The van der Waals surface area contributed by atoms with E-state index in [9.17, 15) is 4.79 Å². The molecule has 5 N–H and O–H groups in total. The number of benzene rings is 2. The number of nitrogens with zero attached hydrogens (tertiary/aromatic N) is 2. The smallest absolute Gasteiger partial charge is 0.269 e. The lowest BCUT2D eigenvalue weighted by Gasteiger charge is -2.13. The number of nitrogens with one attached hydrogen (secondary N) is 3. The van der Waals surface area contributed by atoms with E-state index in [0.717, 1.165) is 16.8 Å². The number of nitrogen functional groups attached to an aromatic ring is 1. The molecule has 0 spiro atoms. The molecule has 0 saturated carbocycles. The second-order valence-electron chi connectivity index (χ2n) is 5.92. The Morgan fingerprint density at radius 3 is 2.12 bits per heavy atom. The SMILES string of the molecule is Cc1ccc(Nc2ncnc(NNC(=O)c3ccc(C)cc3)c2N)cc1. The minimum Gasteiger partial charge on any atom is -0.393 e. The van der Waals surface area contributed by atoms with Crippen molar-refractivity contribution in [3.8, 4) is 0 Å². The molecule has 0 aliphatic rings. The van der Waals surface area contributed by atoms with Crippen molar-refractivity contribution in [3.63, 3.8) is 0 Å². The number of nitrogens with two attached hydrogens (primary N) is 1. The zero-order valence-electron chi connectivity index (χ0n) is 14.6. The summed E-state index contributed by atoms with van der Waals surface area (Å²) in [5.74, 6) is 0.488. The van der Waals surface area contributed by atoms with Gasteiger partial charge in [-0.2, -0.15) is 0 Å². The van der Waals surface area contributed by atoms with Crippen LogP contribution in [-0.4, -0.2) is 15.9 Å². The third-order valence-electron chi connectivity index (χ3n) is 3.81. The normalized spacial score (nSPS) is 10.2. The third kappa shape index (κ3) is 4.07. The first-order valence-corrected chi connectivity index (χ1v) is 8.10. The molecule has 0 radical (unpaired) electrons. The first-order valence-electron chi connectivity index (χ1n) is 8.10. The van der Waals surface area contributed by atoms with E-state index in [1.54, 1.807) is 12.1 Å². The van der Waals surface area contributed by atoms with Crippen LogP contribution in [0.5, 0.6) is 0 Å². The molecule has 7 heteroatoms. The first-order chi connectivity index (χ1) is 12.5. The molecule has 1 aromatic heterocycles. The lowest BCUT2D eigenvalue weighted by molar-refractivity contribution is 0.0962. The molecular formula is C19H20N6O. The van der Waals surface area contributed by atoms with Crippen molar-refractivity contribution in [2.75, 3.05) is 16.5 Å². The fourth-order valence-corrected chi connectivity index (χ4v) is 2.26. The Labute approximate surface area is 151 Å². The zero-order valence-corrected chi connectivity index (χ0v) is 14.6. The Balaban J connectivity index is 1.69. The highest BCUT2D eigenvalue weighted by Gasteiger charge is 2.10. The molecule has 0 unspecified atom stereocenters. The van der Waals surface area contributed by atoms with E-state index < -0.39 is 0 Å². The number of carbonyl (C=O) groups excluding carboxylic acids is 1. The molecule has 1 amide bonds. The maximum atomic E-state index is 12.2. The van der Waals surface area contributed by atoms with Crippen molar-refractivity contribution >= 4 is 28.9 Å². The average molecular weight is 348 g/mol. The molecule has 2 aromatic carbocycles. The summed E-state index contributed by atoms with van der Waals surface area (Å²) in [5, 5.41) is 3.14. The number of rotatable bonds is 5. The van der Waals surface area contributed by atoms with Crippen LogP contribution in [0.4, 0.5) is 23.0 Å². The molecular weight excluding hydrogens is 328 g/mol. The molecule has 1 heterocycles. The van der Waals surface area contributed by atoms with Gasteiger partial charge in [-0.3, -0.25) is 15.6 Å². The van der Waals surface area contributed by atoms with Gasteiger partial charge < -0.3 is 11.1 Å². The van der Waals surface area contributed by atoms with Crippen LogP contribution < -0.4 is 21.9 Å². The zero-order chi connectivity index (χ0) is 18.5. The molecule has 3 aromatic rings. The molecule has 132 valence electrons. The second-order valence-corrected chi connectivity index (χ2v) is 5.92. The van der Waals surface area contributed by atoms with Crippen molar-refractivity contribution in [1.29, 1.82) is 0 Å². The predicted octanol–water partition coefficient (Wildman–Crippen LogP) is 3.18. The van der Waals surface area contributed by atoms with Crippen LogP contribution in [0.2, 0.25) is 0 Å². The summed E-state index contributed by atoms with van der Waals surface area (Å²) in [6, 6.07) is 15.1. The average Bonchev–Trinajstić information content (AvgIpc) is 2.64. The van der Waals surface area contributed by atoms with Crippen LogP contribution in [-0.2, 0) is 0 Å². The molecule has 26 heavy (non-hydrogen) atoms. The van der Waals surface area contributed by atoms with Crippen LogP contribution in [0.1, 0.15) is 21.5 Å². The number of anilines is 4. The highest BCUT2D eigenvalue weighted by molar-refractivity contribution is 5.95. The number of aromatic nitrogens is 2. The van der Waals surface area contributed by atoms with E-state index >= 15 is 0 Å². The predicted molar refractivity (Wildman–Crippen MR) is 103 cm³/mol. The highest BCUT2D eigenvalue weighted by Crippen LogP contribution is 2.25. The van der Waals surface area contributed by atoms with E-state index in [-0.39, 0.29) is 5.91 Å². The topological polar surface area (TPSA) is 105 Å². The molecule has 0 fully saturated rings. The van der Waals surface area contributed by atoms with Gasteiger partial charge in [0.25, 0.3) is 5.91 Å². The van der Waals surface area contributed by atoms with Gasteiger partial charge in [0.2, 0.25) is 0 Å². The van der Waals surface area contributed by atoms with Crippen molar-refractivity contribution < 1.29 is 4.79 Å². The number of amides is 1. The van der Waals surface area contributed by atoms with E-state index in [1.807, 2.05) is 50.2 Å². The van der Waals surface area contributed by atoms with Gasteiger partial charge in [0.15, 0.2) is 11.6 Å². The lowest BCUT2D eigenvalue weighted by atomic mass is 10.1. The van der Waals surface area contributed by atoms with E-state index in [2.05, 4.69) is 26.1 Å². The van der Waals surface area contributed by atoms with Crippen LogP contribution in [0.3, 0.4) is 0 Å². The summed E-state index contributed by atoms with van der Waals surface area (Å²) in [4.78, 5) is 20.4. The van der Waals surface area contributed by atoms with Crippen LogP contribution >= 0.6 is 0 Å².